The third-order valence-corrected chi connectivity index (χ3v) is 2.70. The minimum absolute atomic E-state index is 0.0399. The van der Waals surface area contributed by atoms with E-state index in [1.165, 1.54) is 13.3 Å². The molecule has 0 aliphatic rings. The number of aryl methyl sites for hydroxylation is 2. The molecule has 1 aromatic heterocycles. The molecule has 1 aromatic rings. The fraction of sp³-hybridized carbons (Fsp3) is 0.500. The number of hydrogen-bond donors (Lipinski definition) is 0. The number of ether oxygens (including phenoxy) is 1. The Labute approximate surface area is 105 Å². The zero-order valence-corrected chi connectivity index (χ0v) is 10.7. The quantitative estimate of drug-likeness (QED) is 0.569. The molecule has 0 aromatic carbocycles. The number of nitro groups is 1. The summed E-state index contributed by atoms with van der Waals surface area (Å²) in [6, 6.07) is 0. The van der Waals surface area contributed by atoms with Crippen LogP contribution < -0.4 is 0 Å². The maximum absolute atomic E-state index is 11.3. The fourth-order valence-corrected chi connectivity index (χ4v) is 1.79. The fourth-order valence-electron chi connectivity index (χ4n) is 1.79. The molecule has 0 atom stereocenters. The Bertz CT molecular complexity index is 471. The van der Waals surface area contributed by atoms with Crippen LogP contribution in [0, 0.1) is 24.0 Å². The highest BCUT2D eigenvalue weighted by molar-refractivity contribution is 5.79. The summed E-state index contributed by atoms with van der Waals surface area (Å²) in [5.74, 6) is -0.0399. The average Bonchev–Trinajstić information content (AvgIpc) is 2.28. The topological polar surface area (TPSA) is 82.3 Å². The number of pyridine rings is 1. The van der Waals surface area contributed by atoms with Gasteiger partial charge < -0.3 is 4.74 Å². The van der Waals surface area contributed by atoms with Gasteiger partial charge >= 0.3 is 0 Å². The molecule has 1 heterocycles. The molecule has 0 unspecified atom stereocenters. The monoisotopic (exact) mass is 252 g/mol. The molecule has 1 rings (SSSR count). The van der Waals surface area contributed by atoms with Gasteiger partial charge in [-0.15, -0.1) is 0 Å². The molecule has 0 N–H and O–H groups in total. The normalized spacial score (nSPS) is 10.4. The summed E-state index contributed by atoms with van der Waals surface area (Å²) < 4.78 is 4.73. The van der Waals surface area contributed by atoms with E-state index in [0.29, 0.717) is 23.2 Å². The molecule has 0 fully saturated rings. The molecule has 6 nitrogen and oxygen atoms in total. The Morgan fingerprint density at radius 3 is 2.72 bits per heavy atom. The smallest absolute Gasteiger partial charge is 0.278 e. The van der Waals surface area contributed by atoms with E-state index in [-0.39, 0.29) is 24.5 Å². The Morgan fingerprint density at radius 1 is 1.50 bits per heavy atom. The van der Waals surface area contributed by atoms with E-state index >= 15 is 0 Å². The molecule has 6 heteroatoms. The molecule has 18 heavy (non-hydrogen) atoms. The van der Waals surface area contributed by atoms with Crippen molar-refractivity contribution in [2.75, 3.05) is 13.7 Å². The first-order chi connectivity index (χ1) is 8.47. The summed E-state index contributed by atoms with van der Waals surface area (Å²) in [4.78, 5) is 26.0. The lowest BCUT2D eigenvalue weighted by molar-refractivity contribution is -0.386. The van der Waals surface area contributed by atoms with E-state index in [9.17, 15) is 14.9 Å². The molecule has 0 saturated carbocycles. The molecule has 0 radical (unpaired) electrons. The summed E-state index contributed by atoms with van der Waals surface area (Å²) in [6.45, 7) is 3.37. The van der Waals surface area contributed by atoms with Crippen LogP contribution >= 0.6 is 0 Å². The maximum atomic E-state index is 11.3. The minimum atomic E-state index is -0.410. The van der Waals surface area contributed by atoms with Crippen molar-refractivity contribution in [3.8, 4) is 0 Å². The van der Waals surface area contributed by atoms with Gasteiger partial charge in [0.2, 0.25) is 0 Å². The predicted octanol–water partition coefficient (Wildman–Crippen LogP) is 1.75. The SMILES string of the molecule is COCC(=O)CCc1ncc(C)c([N+](=O)[O-])c1C. The van der Waals surface area contributed by atoms with Gasteiger partial charge in [-0.2, -0.15) is 0 Å². The second-order valence-corrected chi connectivity index (χ2v) is 4.09. The lowest BCUT2D eigenvalue weighted by Crippen LogP contribution is -2.09. The molecule has 0 amide bonds. The summed E-state index contributed by atoms with van der Waals surface area (Å²) in [7, 11) is 1.46. The van der Waals surface area contributed by atoms with E-state index < -0.39 is 4.92 Å². The van der Waals surface area contributed by atoms with Crippen LogP contribution in [0.1, 0.15) is 23.2 Å². The Kier molecular flexibility index (Phi) is 4.91. The number of carbonyl (C=O) groups excluding carboxylic acids is 1. The van der Waals surface area contributed by atoms with Gasteiger partial charge in [-0.3, -0.25) is 19.9 Å². The average molecular weight is 252 g/mol. The van der Waals surface area contributed by atoms with Crippen LogP contribution in [0.2, 0.25) is 0 Å². The van der Waals surface area contributed by atoms with Crippen molar-refractivity contribution in [3.63, 3.8) is 0 Å². The van der Waals surface area contributed by atoms with Gasteiger partial charge in [0.15, 0.2) is 5.78 Å². The first kappa shape index (κ1) is 14.2. The number of Topliss-reactive ketones (excluding diaryl/α,β-unsaturated/α-hetero) is 1. The Hall–Kier alpha value is -1.82. The first-order valence-electron chi connectivity index (χ1n) is 5.57. The molecular weight excluding hydrogens is 236 g/mol. The number of methoxy groups -OCH3 is 1. The van der Waals surface area contributed by atoms with Crippen molar-refractivity contribution >= 4 is 11.5 Å². The van der Waals surface area contributed by atoms with Gasteiger partial charge in [0, 0.05) is 30.9 Å². The predicted molar refractivity (Wildman–Crippen MR) is 65.6 cm³/mol. The molecule has 0 spiro atoms. The van der Waals surface area contributed by atoms with E-state index in [0.717, 1.165) is 0 Å². The summed E-state index contributed by atoms with van der Waals surface area (Å²) in [5.41, 5.74) is 1.74. The van der Waals surface area contributed by atoms with Crippen LogP contribution in [0.25, 0.3) is 0 Å². The highest BCUT2D eigenvalue weighted by atomic mass is 16.6. The van der Waals surface area contributed by atoms with Crippen LogP contribution in [0.15, 0.2) is 6.20 Å². The van der Waals surface area contributed by atoms with Crippen molar-refractivity contribution in [1.29, 1.82) is 0 Å². The van der Waals surface area contributed by atoms with Gasteiger partial charge in [0.1, 0.15) is 6.61 Å². The van der Waals surface area contributed by atoms with Crippen LogP contribution in [0.3, 0.4) is 0 Å². The molecule has 98 valence electrons. The number of nitrogens with zero attached hydrogens (tertiary/aromatic N) is 2. The molecular formula is C12H16N2O4. The van der Waals surface area contributed by atoms with E-state index in [1.54, 1.807) is 13.8 Å². The first-order valence-corrected chi connectivity index (χ1v) is 5.57. The Balaban J connectivity index is 2.88. The number of aromatic nitrogens is 1. The number of rotatable bonds is 6. The number of carbonyl (C=O) groups is 1. The Morgan fingerprint density at radius 2 is 2.17 bits per heavy atom. The van der Waals surface area contributed by atoms with Gasteiger partial charge in [0.05, 0.1) is 10.6 Å². The van der Waals surface area contributed by atoms with Gasteiger partial charge in [-0.05, 0) is 20.3 Å². The number of ketones is 1. The van der Waals surface area contributed by atoms with Crippen molar-refractivity contribution in [3.05, 3.63) is 33.1 Å². The summed E-state index contributed by atoms with van der Waals surface area (Å²) >= 11 is 0. The highest BCUT2D eigenvalue weighted by Gasteiger charge is 2.18. The third kappa shape index (κ3) is 3.33. The van der Waals surface area contributed by atoms with E-state index in [4.69, 9.17) is 4.74 Å². The van der Waals surface area contributed by atoms with Crippen LogP contribution in [0.5, 0.6) is 0 Å². The van der Waals surface area contributed by atoms with Gasteiger partial charge in [0.25, 0.3) is 5.69 Å². The number of hydrogen-bond acceptors (Lipinski definition) is 5. The molecule has 0 aliphatic carbocycles. The summed E-state index contributed by atoms with van der Waals surface area (Å²) in [5, 5.41) is 10.9. The van der Waals surface area contributed by atoms with Crippen LogP contribution in [-0.4, -0.2) is 29.4 Å². The lowest BCUT2D eigenvalue weighted by Gasteiger charge is -2.07. The van der Waals surface area contributed by atoms with E-state index in [2.05, 4.69) is 4.98 Å². The third-order valence-electron chi connectivity index (χ3n) is 2.70. The molecule has 0 bridgehead atoms. The van der Waals surface area contributed by atoms with Crippen molar-refractivity contribution in [1.82, 2.24) is 4.98 Å². The van der Waals surface area contributed by atoms with Crippen molar-refractivity contribution in [2.24, 2.45) is 0 Å². The van der Waals surface area contributed by atoms with Gasteiger partial charge in [-0.25, -0.2) is 0 Å². The lowest BCUT2D eigenvalue weighted by atomic mass is 10.0. The second-order valence-electron chi connectivity index (χ2n) is 4.09. The zero-order valence-electron chi connectivity index (χ0n) is 10.7. The second kappa shape index (κ2) is 6.20. The molecule has 0 saturated heterocycles. The van der Waals surface area contributed by atoms with Crippen molar-refractivity contribution in [2.45, 2.75) is 26.7 Å². The van der Waals surface area contributed by atoms with Crippen LogP contribution in [0.4, 0.5) is 5.69 Å². The van der Waals surface area contributed by atoms with Gasteiger partial charge in [-0.1, -0.05) is 0 Å². The largest absolute Gasteiger partial charge is 0.377 e. The molecule has 0 aliphatic heterocycles. The van der Waals surface area contributed by atoms with E-state index in [1.807, 2.05) is 0 Å². The highest BCUT2D eigenvalue weighted by Crippen LogP contribution is 2.24. The van der Waals surface area contributed by atoms with Crippen molar-refractivity contribution < 1.29 is 14.5 Å². The standard InChI is InChI=1S/C12H16N2O4/c1-8-6-13-11(5-4-10(15)7-18-3)9(2)12(8)14(16)17/h6H,4-5,7H2,1-3H3. The summed E-state index contributed by atoms with van der Waals surface area (Å²) in [6.07, 6.45) is 2.15. The van der Waals surface area contributed by atoms with Crippen LogP contribution in [-0.2, 0) is 16.0 Å². The maximum Gasteiger partial charge on any atom is 0.278 e. The zero-order chi connectivity index (χ0) is 13.7. The minimum Gasteiger partial charge on any atom is -0.377 e.